The molecule has 0 saturated heterocycles. The van der Waals surface area contributed by atoms with Gasteiger partial charge in [-0.25, -0.2) is 0 Å². The zero-order chi connectivity index (χ0) is 16.2. The maximum absolute atomic E-state index is 9.30. The number of fused-ring (bicyclic) bond motifs is 1. The molecular formula is C17H14N4O2. The quantitative estimate of drug-likeness (QED) is 0.797. The number of ether oxygens (including phenoxy) is 2. The molecule has 0 aliphatic rings. The summed E-state index contributed by atoms with van der Waals surface area (Å²) < 4.78 is 10.5. The second kappa shape index (κ2) is 6.20. The van der Waals surface area contributed by atoms with Gasteiger partial charge in [-0.2, -0.15) is 5.26 Å². The lowest BCUT2D eigenvalue weighted by Gasteiger charge is -2.13. The lowest BCUT2D eigenvalue weighted by Crippen LogP contribution is -2.00. The average molecular weight is 306 g/mol. The van der Waals surface area contributed by atoms with E-state index in [1.807, 2.05) is 30.3 Å². The highest BCUT2D eigenvalue weighted by Crippen LogP contribution is 2.33. The molecule has 1 N–H and O–H groups in total. The van der Waals surface area contributed by atoms with Crippen LogP contribution in [0.5, 0.6) is 11.5 Å². The molecule has 0 bridgehead atoms. The first-order valence-electron chi connectivity index (χ1n) is 6.91. The van der Waals surface area contributed by atoms with Gasteiger partial charge in [0.1, 0.15) is 6.07 Å². The van der Waals surface area contributed by atoms with Crippen molar-refractivity contribution in [3.63, 3.8) is 0 Å². The van der Waals surface area contributed by atoms with Crippen molar-refractivity contribution in [2.24, 2.45) is 0 Å². The first-order valence-corrected chi connectivity index (χ1v) is 6.91. The molecule has 6 heteroatoms. The normalized spacial score (nSPS) is 10.1. The Labute approximate surface area is 133 Å². The molecule has 1 aromatic heterocycles. The van der Waals surface area contributed by atoms with Gasteiger partial charge in [0, 0.05) is 17.1 Å². The smallest absolute Gasteiger partial charge is 0.187 e. The van der Waals surface area contributed by atoms with Gasteiger partial charge >= 0.3 is 0 Å². The summed E-state index contributed by atoms with van der Waals surface area (Å²) in [6.07, 6.45) is 0. The van der Waals surface area contributed by atoms with E-state index in [1.54, 1.807) is 26.4 Å². The summed E-state index contributed by atoms with van der Waals surface area (Å²) in [6, 6.07) is 15.0. The molecule has 0 atom stereocenters. The number of nitrogens with one attached hydrogen (secondary N) is 1. The van der Waals surface area contributed by atoms with Crippen LogP contribution in [0.25, 0.3) is 10.9 Å². The highest BCUT2D eigenvalue weighted by atomic mass is 16.5. The number of benzene rings is 2. The lowest BCUT2D eigenvalue weighted by molar-refractivity contribution is 0.355. The van der Waals surface area contributed by atoms with Crippen LogP contribution in [-0.4, -0.2) is 24.4 Å². The molecule has 3 rings (SSSR count). The monoisotopic (exact) mass is 306 g/mol. The van der Waals surface area contributed by atoms with E-state index in [4.69, 9.17) is 9.47 Å². The molecule has 0 saturated carbocycles. The topological polar surface area (TPSA) is 80.1 Å². The van der Waals surface area contributed by atoms with Crippen molar-refractivity contribution in [3.8, 4) is 17.6 Å². The summed E-state index contributed by atoms with van der Waals surface area (Å²) in [5, 5.41) is 21.4. The summed E-state index contributed by atoms with van der Waals surface area (Å²) in [7, 11) is 3.16. The lowest BCUT2D eigenvalue weighted by atomic mass is 10.1. The summed E-state index contributed by atoms with van der Waals surface area (Å²) in [6.45, 7) is 0. The fourth-order valence-corrected chi connectivity index (χ4v) is 2.32. The van der Waals surface area contributed by atoms with Crippen LogP contribution < -0.4 is 14.8 Å². The zero-order valence-electron chi connectivity index (χ0n) is 12.7. The van der Waals surface area contributed by atoms with Crippen molar-refractivity contribution in [3.05, 3.63) is 48.2 Å². The molecule has 6 nitrogen and oxygen atoms in total. The van der Waals surface area contributed by atoms with Crippen molar-refractivity contribution >= 4 is 22.3 Å². The Bertz CT molecular complexity index is 903. The minimum absolute atomic E-state index is 0.235. The van der Waals surface area contributed by atoms with Gasteiger partial charge in [-0.15, -0.1) is 10.2 Å². The Hall–Kier alpha value is -3.33. The van der Waals surface area contributed by atoms with Gasteiger partial charge in [0.25, 0.3) is 0 Å². The molecule has 0 radical (unpaired) electrons. The van der Waals surface area contributed by atoms with Crippen LogP contribution in [0.15, 0.2) is 42.5 Å². The first-order chi connectivity index (χ1) is 11.3. The van der Waals surface area contributed by atoms with E-state index >= 15 is 0 Å². The number of rotatable bonds is 4. The van der Waals surface area contributed by atoms with E-state index in [2.05, 4.69) is 21.6 Å². The van der Waals surface area contributed by atoms with Crippen molar-refractivity contribution in [1.82, 2.24) is 10.2 Å². The standard InChI is InChI=1S/C17H14N4O2/c1-22-15-8-7-11(9-16(15)23-2)19-17-12-5-3-4-6-13(12)20-21-14(17)10-18/h3-9H,1-2H3,(H,19,20). The van der Waals surface area contributed by atoms with Crippen LogP contribution in [0.1, 0.15) is 5.69 Å². The first kappa shape index (κ1) is 14.6. The van der Waals surface area contributed by atoms with E-state index < -0.39 is 0 Å². The molecule has 0 aliphatic carbocycles. The van der Waals surface area contributed by atoms with Crippen molar-refractivity contribution < 1.29 is 9.47 Å². The minimum Gasteiger partial charge on any atom is -0.493 e. The fourth-order valence-electron chi connectivity index (χ4n) is 2.32. The third-order valence-electron chi connectivity index (χ3n) is 3.43. The number of anilines is 2. The third-order valence-corrected chi connectivity index (χ3v) is 3.43. The Morgan fingerprint density at radius 3 is 2.52 bits per heavy atom. The number of hydrogen-bond acceptors (Lipinski definition) is 6. The van der Waals surface area contributed by atoms with Crippen LogP contribution in [0.4, 0.5) is 11.4 Å². The van der Waals surface area contributed by atoms with Crippen LogP contribution in [-0.2, 0) is 0 Å². The number of nitriles is 1. The van der Waals surface area contributed by atoms with Crippen LogP contribution in [0.2, 0.25) is 0 Å². The molecular weight excluding hydrogens is 292 g/mol. The van der Waals surface area contributed by atoms with E-state index in [0.29, 0.717) is 17.2 Å². The Kier molecular flexibility index (Phi) is 3.93. The van der Waals surface area contributed by atoms with Gasteiger partial charge in [0.2, 0.25) is 0 Å². The number of hydrogen-bond donors (Lipinski definition) is 1. The summed E-state index contributed by atoms with van der Waals surface area (Å²) in [5.74, 6) is 1.23. The van der Waals surface area contributed by atoms with Gasteiger partial charge in [-0.3, -0.25) is 0 Å². The van der Waals surface area contributed by atoms with E-state index in [0.717, 1.165) is 16.6 Å². The molecule has 2 aromatic carbocycles. The predicted octanol–water partition coefficient (Wildman–Crippen LogP) is 3.26. The van der Waals surface area contributed by atoms with Crippen LogP contribution >= 0.6 is 0 Å². The molecule has 114 valence electrons. The van der Waals surface area contributed by atoms with Gasteiger partial charge in [0.15, 0.2) is 17.2 Å². The van der Waals surface area contributed by atoms with E-state index in [9.17, 15) is 5.26 Å². The molecule has 1 heterocycles. The van der Waals surface area contributed by atoms with Gasteiger partial charge < -0.3 is 14.8 Å². The van der Waals surface area contributed by atoms with E-state index in [1.165, 1.54) is 0 Å². The van der Waals surface area contributed by atoms with Crippen molar-refractivity contribution in [1.29, 1.82) is 5.26 Å². The Balaban J connectivity index is 2.09. The number of aromatic nitrogens is 2. The number of methoxy groups -OCH3 is 2. The zero-order valence-corrected chi connectivity index (χ0v) is 12.7. The second-order valence-corrected chi connectivity index (χ2v) is 4.75. The summed E-state index contributed by atoms with van der Waals surface area (Å²) in [5.41, 5.74) is 2.33. The predicted molar refractivity (Wildman–Crippen MR) is 87.1 cm³/mol. The van der Waals surface area contributed by atoms with Gasteiger partial charge in [-0.05, 0) is 18.2 Å². The van der Waals surface area contributed by atoms with Crippen molar-refractivity contribution in [2.45, 2.75) is 0 Å². The third kappa shape index (κ3) is 2.72. The summed E-state index contributed by atoms with van der Waals surface area (Å²) in [4.78, 5) is 0. The van der Waals surface area contributed by atoms with Crippen LogP contribution in [0, 0.1) is 11.3 Å². The molecule has 0 aliphatic heterocycles. The second-order valence-electron chi connectivity index (χ2n) is 4.75. The van der Waals surface area contributed by atoms with Crippen molar-refractivity contribution in [2.75, 3.05) is 19.5 Å². The SMILES string of the molecule is COc1ccc(Nc2c(C#N)nnc3ccccc23)cc1OC. The minimum atomic E-state index is 0.235. The highest BCUT2D eigenvalue weighted by molar-refractivity contribution is 5.94. The maximum atomic E-state index is 9.30. The average Bonchev–Trinajstić information content (AvgIpc) is 2.61. The largest absolute Gasteiger partial charge is 0.493 e. The van der Waals surface area contributed by atoms with Gasteiger partial charge in [0.05, 0.1) is 25.4 Å². The van der Waals surface area contributed by atoms with Crippen LogP contribution in [0.3, 0.4) is 0 Å². The molecule has 0 fully saturated rings. The molecule has 0 amide bonds. The summed E-state index contributed by atoms with van der Waals surface area (Å²) >= 11 is 0. The molecule has 0 spiro atoms. The van der Waals surface area contributed by atoms with Gasteiger partial charge in [-0.1, -0.05) is 18.2 Å². The Morgan fingerprint density at radius 1 is 1.00 bits per heavy atom. The molecule has 0 unspecified atom stereocenters. The number of nitrogens with zero attached hydrogens (tertiary/aromatic N) is 3. The molecule has 23 heavy (non-hydrogen) atoms. The molecule has 3 aromatic rings. The highest BCUT2D eigenvalue weighted by Gasteiger charge is 2.12. The Morgan fingerprint density at radius 2 is 1.78 bits per heavy atom. The maximum Gasteiger partial charge on any atom is 0.187 e. The van der Waals surface area contributed by atoms with E-state index in [-0.39, 0.29) is 5.69 Å². The fraction of sp³-hybridized carbons (Fsp3) is 0.118.